The first kappa shape index (κ1) is 33.1. The van der Waals surface area contributed by atoms with Crippen LogP contribution in [-0.4, -0.2) is 38.3 Å². The summed E-state index contributed by atoms with van der Waals surface area (Å²) in [5.41, 5.74) is 8.56. The quantitative estimate of drug-likeness (QED) is 0.139. The first-order valence-corrected chi connectivity index (χ1v) is 16.5. The number of nitrogens with one attached hydrogen (secondary N) is 3. The third kappa shape index (κ3) is 8.11. The van der Waals surface area contributed by atoms with Gasteiger partial charge in [0.05, 0.1) is 31.7 Å². The Balaban J connectivity index is 1.38. The van der Waals surface area contributed by atoms with Crippen LogP contribution >= 0.6 is 0 Å². The van der Waals surface area contributed by atoms with Crippen LogP contribution in [0.3, 0.4) is 0 Å². The van der Waals surface area contributed by atoms with Gasteiger partial charge in [-0.1, -0.05) is 102 Å². The molecule has 1 saturated heterocycles. The van der Waals surface area contributed by atoms with Gasteiger partial charge in [0, 0.05) is 36.4 Å². The van der Waals surface area contributed by atoms with Crippen molar-refractivity contribution in [2.75, 3.05) is 49.4 Å². The Kier molecular flexibility index (Phi) is 10.7. The van der Waals surface area contributed by atoms with Gasteiger partial charge >= 0.3 is 0 Å². The van der Waals surface area contributed by atoms with Crippen LogP contribution in [0.15, 0.2) is 97.5 Å². The number of rotatable bonds is 13. The second-order valence-corrected chi connectivity index (χ2v) is 13.2. The lowest BCUT2D eigenvalue weighted by Gasteiger charge is -2.26. The van der Waals surface area contributed by atoms with Crippen LogP contribution in [0.2, 0.25) is 0 Å². The predicted octanol–water partition coefficient (Wildman–Crippen LogP) is 9.76. The Morgan fingerprint density at radius 2 is 1.50 bits per heavy atom. The van der Waals surface area contributed by atoms with Crippen LogP contribution in [0.4, 0.5) is 17.1 Å². The Labute approximate surface area is 275 Å². The normalized spacial score (nSPS) is 13.8. The largest absolute Gasteiger partial charge is 0.492 e. The maximum atomic E-state index is 5.94. The molecule has 5 rings (SSSR count). The van der Waals surface area contributed by atoms with Crippen molar-refractivity contribution in [2.45, 2.75) is 58.9 Å². The van der Waals surface area contributed by atoms with E-state index in [1.54, 1.807) is 7.11 Å². The Hall–Kier alpha value is -4.26. The van der Waals surface area contributed by atoms with E-state index in [1.807, 2.05) is 0 Å². The molecule has 0 unspecified atom stereocenters. The van der Waals surface area contributed by atoms with Crippen molar-refractivity contribution in [2.24, 2.45) is 0 Å². The Bertz CT molecular complexity index is 1660. The number of hydrogen-bond donors (Lipinski definition) is 3. The first-order chi connectivity index (χ1) is 22.2. The van der Waals surface area contributed by atoms with E-state index >= 15 is 0 Å². The third-order valence-electron chi connectivity index (χ3n) is 8.57. The Morgan fingerprint density at radius 3 is 2.15 bits per heavy atom. The summed E-state index contributed by atoms with van der Waals surface area (Å²) in [5.74, 6) is 1.39. The molecule has 1 aliphatic heterocycles. The monoisotopic (exact) mass is 618 g/mol. The molecule has 0 atom stereocenters. The molecule has 1 aliphatic rings. The first-order valence-electron chi connectivity index (χ1n) is 16.5. The molecule has 4 aromatic rings. The predicted molar refractivity (Wildman–Crippen MR) is 196 cm³/mol. The zero-order chi connectivity index (χ0) is 32.7. The van der Waals surface area contributed by atoms with Gasteiger partial charge in [-0.2, -0.15) is 0 Å². The molecule has 1 fully saturated rings. The summed E-state index contributed by atoms with van der Waals surface area (Å²) in [4.78, 5) is 2.45. The molecule has 0 bridgehead atoms. The van der Waals surface area contributed by atoms with Crippen molar-refractivity contribution < 1.29 is 9.47 Å². The summed E-state index contributed by atoms with van der Waals surface area (Å²) in [6.45, 7) is 22.0. The fraction of sp³-hybridized carbons (Fsp3) is 0.350. The van der Waals surface area contributed by atoms with Crippen LogP contribution < -0.4 is 20.7 Å². The van der Waals surface area contributed by atoms with E-state index in [0.29, 0.717) is 5.82 Å². The number of nitrogens with zero attached hydrogens (tertiary/aromatic N) is 1. The third-order valence-corrected chi connectivity index (χ3v) is 8.57. The molecule has 0 amide bonds. The lowest BCUT2D eigenvalue weighted by molar-refractivity contribution is 0.0342. The Morgan fingerprint density at radius 1 is 0.848 bits per heavy atom. The van der Waals surface area contributed by atoms with E-state index in [2.05, 4.69) is 134 Å². The van der Waals surface area contributed by atoms with Crippen LogP contribution in [0.5, 0.6) is 5.75 Å². The summed E-state index contributed by atoms with van der Waals surface area (Å²) >= 11 is 0. The van der Waals surface area contributed by atoms with Crippen molar-refractivity contribution in [3.05, 3.63) is 109 Å². The number of hydrogen-bond acceptors (Lipinski definition) is 6. The highest BCUT2D eigenvalue weighted by molar-refractivity contribution is 6.04. The fourth-order valence-corrected chi connectivity index (χ4v) is 5.93. The maximum absolute atomic E-state index is 5.94. The molecule has 0 radical (unpaired) electrons. The molecule has 3 N–H and O–H groups in total. The molecule has 0 aromatic heterocycles. The van der Waals surface area contributed by atoms with E-state index < -0.39 is 0 Å². The van der Waals surface area contributed by atoms with Gasteiger partial charge in [-0.15, -0.1) is 0 Å². The van der Waals surface area contributed by atoms with Crippen LogP contribution in [0.1, 0.15) is 58.1 Å². The molecule has 0 aliphatic carbocycles. The zero-order valence-electron chi connectivity index (χ0n) is 28.3. The number of anilines is 3. The highest BCUT2D eigenvalue weighted by Crippen LogP contribution is 2.40. The molecule has 46 heavy (non-hydrogen) atoms. The van der Waals surface area contributed by atoms with Crippen molar-refractivity contribution in [1.82, 2.24) is 4.90 Å². The van der Waals surface area contributed by atoms with Crippen molar-refractivity contribution in [3.63, 3.8) is 0 Å². The molecule has 6 nitrogen and oxygen atoms in total. The minimum absolute atomic E-state index is 0.0641. The summed E-state index contributed by atoms with van der Waals surface area (Å²) in [5, 5.41) is 12.9. The number of methoxy groups -OCH3 is 1. The summed E-state index contributed by atoms with van der Waals surface area (Å²) in [7, 11) is 1.70. The van der Waals surface area contributed by atoms with Gasteiger partial charge in [0.2, 0.25) is 0 Å². The number of allylic oxidation sites excluding steroid dienone is 1. The molecule has 242 valence electrons. The van der Waals surface area contributed by atoms with Crippen molar-refractivity contribution in [3.8, 4) is 16.9 Å². The van der Waals surface area contributed by atoms with Gasteiger partial charge in [-0.25, -0.2) is 0 Å². The molecular formula is C40H50N4O2. The zero-order valence-corrected chi connectivity index (χ0v) is 28.3. The van der Waals surface area contributed by atoms with Crippen LogP contribution in [-0.2, 0) is 16.7 Å². The average Bonchev–Trinajstić information content (AvgIpc) is 3.04. The number of morpholine rings is 1. The molecule has 0 saturated carbocycles. The number of ether oxygens (including phenoxy) is 2. The smallest absolute Gasteiger partial charge is 0.165 e. The van der Waals surface area contributed by atoms with Gasteiger partial charge in [-0.3, -0.25) is 4.90 Å². The topological polar surface area (TPSA) is 57.8 Å². The SMILES string of the molecule is C=C(CCCC)Nc1cc(C(C)(C)C)cc(NC(=C)Nc2ccc(-c3ccc(CN4CCOCC4)cc3)c3ccccc23)c1OC. The van der Waals surface area contributed by atoms with Crippen molar-refractivity contribution in [1.29, 1.82) is 0 Å². The summed E-state index contributed by atoms with van der Waals surface area (Å²) in [6, 6.07) is 26.1. The molecule has 6 heteroatoms. The fourth-order valence-electron chi connectivity index (χ4n) is 5.93. The van der Waals surface area contributed by atoms with Gasteiger partial charge < -0.3 is 25.4 Å². The van der Waals surface area contributed by atoms with E-state index in [9.17, 15) is 0 Å². The number of benzene rings is 4. The standard InChI is InChI=1S/C40H50N4O2/c1-8-9-12-28(2)41-37-25-32(40(4,5)6)26-38(39(37)45-7)43-29(3)42-36-20-19-33(34-13-10-11-14-35(34)36)31-17-15-30(16-18-31)27-44-21-23-46-24-22-44/h10-11,13-20,25-26,41-43H,2-3,8-9,12,21-24,27H2,1,4-7H3. The second-order valence-electron chi connectivity index (χ2n) is 13.2. The lowest BCUT2D eigenvalue weighted by Crippen LogP contribution is -2.35. The van der Waals surface area contributed by atoms with Crippen LogP contribution in [0, 0.1) is 0 Å². The highest BCUT2D eigenvalue weighted by Gasteiger charge is 2.21. The highest BCUT2D eigenvalue weighted by atomic mass is 16.5. The molecule has 0 spiro atoms. The van der Waals surface area contributed by atoms with E-state index in [4.69, 9.17) is 9.47 Å². The lowest BCUT2D eigenvalue weighted by atomic mass is 9.86. The van der Waals surface area contributed by atoms with E-state index in [0.717, 1.165) is 86.0 Å². The van der Waals surface area contributed by atoms with Crippen molar-refractivity contribution >= 4 is 27.8 Å². The summed E-state index contributed by atoms with van der Waals surface area (Å²) in [6.07, 6.45) is 3.12. The second kappa shape index (κ2) is 14.9. The molecular weight excluding hydrogens is 568 g/mol. The van der Waals surface area contributed by atoms with Gasteiger partial charge in [0.25, 0.3) is 0 Å². The van der Waals surface area contributed by atoms with E-state index in [1.165, 1.54) is 27.6 Å². The number of fused-ring (bicyclic) bond motifs is 1. The minimum Gasteiger partial charge on any atom is -0.492 e. The minimum atomic E-state index is -0.0641. The average molecular weight is 619 g/mol. The summed E-state index contributed by atoms with van der Waals surface area (Å²) < 4.78 is 11.4. The van der Waals surface area contributed by atoms with Gasteiger partial charge in [0.15, 0.2) is 5.75 Å². The van der Waals surface area contributed by atoms with E-state index in [-0.39, 0.29) is 5.41 Å². The number of unbranched alkanes of at least 4 members (excludes halogenated alkanes) is 1. The molecule has 1 heterocycles. The molecule has 4 aromatic carbocycles. The van der Waals surface area contributed by atoms with Gasteiger partial charge in [-0.05, 0) is 64.1 Å². The van der Waals surface area contributed by atoms with Gasteiger partial charge in [0.1, 0.15) is 5.82 Å². The van der Waals surface area contributed by atoms with Crippen LogP contribution in [0.25, 0.3) is 21.9 Å². The maximum Gasteiger partial charge on any atom is 0.165 e.